The molecule has 0 radical (unpaired) electrons. The quantitative estimate of drug-likeness (QED) is 0.325. The van der Waals surface area contributed by atoms with Crippen LogP contribution < -0.4 is 9.47 Å². The van der Waals surface area contributed by atoms with Gasteiger partial charge in [0.2, 0.25) is 0 Å². The number of halogens is 3. The van der Waals surface area contributed by atoms with Gasteiger partial charge in [0.1, 0.15) is 11.9 Å². The molecule has 7 rings (SSSR count). The maximum atomic E-state index is 12.9. The summed E-state index contributed by atoms with van der Waals surface area (Å²) in [5.74, 6) is 0.438. The van der Waals surface area contributed by atoms with Crippen molar-refractivity contribution in [1.82, 2.24) is 9.80 Å². The monoisotopic (exact) mass is 620 g/mol. The molecule has 2 aliphatic heterocycles. The highest BCUT2D eigenvalue weighted by molar-refractivity contribution is 5.63. The molecule has 0 aromatic heterocycles. The Kier molecular flexibility index (Phi) is 7.41. The lowest BCUT2D eigenvalue weighted by Gasteiger charge is -2.66. The molecule has 0 amide bonds. The molecule has 9 heteroatoms. The predicted octanol–water partition coefficient (Wildman–Crippen LogP) is 5.95. The van der Waals surface area contributed by atoms with Gasteiger partial charge < -0.3 is 19.7 Å². The van der Waals surface area contributed by atoms with Crippen LogP contribution in [-0.2, 0) is 18.3 Å². The first-order valence-electron chi connectivity index (χ1n) is 15.7. The Hall–Kier alpha value is -3.53. The van der Waals surface area contributed by atoms with E-state index in [1.165, 1.54) is 23.8 Å². The number of benzene rings is 3. The Morgan fingerprint density at radius 1 is 1.11 bits per heavy atom. The largest absolute Gasteiger partial charge is 0.573 e. The number of hydrogen-bond donors (Lipinski definition) is 2. The lowest BCUT2D eigenvalue weighted by molar-refractivity contribution is -0.274. The zero-order valence-electron chi connectivity index (χ0n) is 25.5. The van der Waals surface area contributed by atoms with Gasteiger partial charge in [-0.05, 0) is 80.1 Å². The van der Waals surface area contributed by atoms with Gasteiger partial charge in [-0.3, -0.25) is 9.80 Å². The molecular formula is C36H39F3N2O4. The lowest BCUT2D eigenvalue weighted by Crippen LogP contribution is -2.79. The molecule has 3 aromatic carbocycles. The van der Waals surface area contributed by atoms with Crippen LogP contribution in [0.1, 0.15) is 42.0 Å². The second kappa shape index (κ2) is 11.1. The summed E-state index contributed by atoms with van der Waals surface area (Å²) in [7, 11) is 2.03. The highest BCUT2D eigenvalue weighted by atomic mass is 19.4. The van der Waals surface area contributed by atoms with Crippen molar-refractivity contribution < 1.29 is 32.9 Å². The van der Waals surface area contributed by atoms with E-state index in [9.17, 15) is 23.4 Å². The first kappa shape index (κ1) is 30.1. The third-order valence-corrected chi connectivity index (χ3v) is 10.7. The number of aromatic hydroxyl groups is 1. The molecule has 1 spiro atoms. The molecule has 1 saturated carbocycles. The Balaban J connectivity index is 1.17. The number of ether oxygens (including phenoxy) is 2. The van der Waals surface area contributed by atoms with Crippen molar-refractivity contribution in [2.24, 2.45) is 5.92 Å². The van der Waals surface area contributed by atoms with Gasteiger partial charge in [-0.25, -0.2) is 0 Å². The van der Waals surface area contributed by atoms with Crippen LogP contribution in [0.15, 0.2) is 72.8 Å². The van der Waals surface area contributed by atoms with Crippen molar-refractivity contribution in [1.29, 1.82) is 0 Å². The van der Waals surface area contributed by atoms with E-state index in [1.807, 2.05) is 25.3 Å². The number of piperidine rings is 1. The normalized spacial score (nSPS) is 30.4. The average Bonchev–Trinajstić information content (AvgIpc) is 3.33. The van der Waals surface area contributed by atoms with Gasteiger partial charge >= 0.3 is 6.36 Å². The summed E-state index contributed by atoms with van der Waals surface area (Å²) in [5.41, 5.74) is 2.33. The van der Waals surface area contributed by atoms with Gasteiger partial charge in [0.05, 0.1) is 17.1 Å². The van der Waals surface area contributed by atoms with Crippen molar-refractivity contribution in [2.45, 2.75) is 68.2 Å². The minimum absolute atomic E-state index is 0.0657. The summed E-state index contributed by atoms with van der Waals surface area (Å²) >= 11 is 0. The summed E-state index contributed by atoms with van der Waals surface area (Å²) in [6.45, 7) is 4.38. The first-order chi connectivity index (χ1) is 21.5. The highest BCUT2D eigenvalue weighted by Crippen LogP contribution is 2.66. The molecule has 2 aliphatic carbocycles. The van der Waals surface area contributed by atoms with Crippen LogP contribution in [-0.4, -0.2) is 76.8 Å². The number of likely N-dealkylation sites (N-methyl/N-ethyl adjacent to an activating group) is 1. The second-order valence-electron chi connectivity index (χ2n) is 13.3. The Morgan fingerprint density at radius 2 is 1.91 bits per heavy atom. The summed E-state index contributed by atoms with van der Waals surface area (Å²) < 4.78 is 49.0. The molecule has 6 atom stereocenters. The van der Waals surface area contributed by atoms with E-state index in [0.717, 1.165) is 37.1 Å². The third kappa shape index (κ3) is 5.00. The summed E-state index contributed by atoms with van der Waals surface area (Å²) in [6, 6.07) is 20.0. The van der Waals surface area contributed by atoms with E-state index >= 15 is 0 Å². The number of likely N-dealkylation sites (tertiary alicyclic amines) is 1. The number of rotatable bonds is 8. The molecular weight excluding hydrogens is 581 g/mol. The molecule has 2 N–H and O–H groups in total. The molecule has 2 fully saturated rings. The van der Waals surface area contributed by atoms with Gasteiger partial charge in [0.15, 0.2) is 11.5 Å². The van der Waals surface area contributed by atoms with Crippen LogP contribution in [0.4, 0.5) is 13.2 Å². The maximum Gasteiger partial charge on any atom is 0.573 e. The zero-order valence-corrected chi connectivity index (χ0v) is 25.5. The van der Waals surface area contributed by atoms with E-state index in [0.29, 0.717) is 30.7 Å². The highest BCUT2D eigenvalue weighted by Gasteiger charge is 2.74. The van der Waals surface area contributed by atoms with Crippen LogP contribution in [0.5, 0.6) is 17.2 Å². The Morgan fingerprint density at radius 3 is 2.69 bits per heavy atom. The number of alkyl halides is 3. The number of nitrogens with zero attached hydrogens (tertiary/aromatic N) is 2. The van der Waals surface area contributed by atoms with Crippen LogP contribution in [0, 0.1) is 5.92 Å². The second-order valence-corrected chi connectivity index (χ2v) is 13.3. The van der Waals surface area contributed by atoms with Gasteiger partial charge in [0.25, 0.3) is 0 Å². The zero-order chi connectivity index (χ0) is 31.6. The minimum Gasteiger partial charge on any atom is -0.504 e. The van der Waals surface area contributed by atoms with Gasteiger partial charge in [-0.15, -0.1) is 13.2 Å². The topological polar surface area (TPSA) is 65.4 Å². The fourth-order valence-corrected chi connectivity index (χ4v) is 9.02. The summed E-state index contributed by atoms with van der Waals surface area (Å²) in [4.78, 5) is 4.68. The standard InChI is InChI=1S/C36H39F3N2O4/c1-23-22-35(43)29-21-26-13-14-28(42)32-30(26)34(35,16-19-41(29)18-15-24-8-4-3-5-9-24)33(44-32)31(23)40(2)17-7-11-25-10-6-12-27(20-25)45-36(37,38)39/h3-14,20,23,29,31,33,42-43H,15-19,21-22H2,1-2H3/b11-7+/t23?,29-,31?,33?,34+,35-/m1/s1. The average molecular weight is 621 g/mol. The van der Waals surface area contributed by atoms with Crippen molar-refractivity contribution >= 4 is 6.08 Å². The van der Waals surface area contributed by atoms with E-state index in [1.54, 1.807) is 18.2 Å². The molecule has 45 heavy (non-hydrogen) atoms. The van der Waals surface area contributed by atoms with Crippen LogP contribution >= 0.6 is 0 Å². The van der Waals surface area contributed by atoms with E-state index in [-0.39, 0.29) is 35.6 Å². The van der Waals surface area contributed by atoms with E-state index in [2.05, 4.69) is 45.7 Å². The molecule has 238 valence electrons. The Bertz CT molecular complexity index is 1600. The molecule has 2 heterocycles. The van der Waals surface area contributed by atoms with Crippen LogP contribution in [0.3, 0.4) is 0 Å². The molecule has 1 saturated heterocycles. The molecule has 3 aromatic rings. The van der Waals surface area contributed by atoms with Crippen molar-refractivity contribution in [3.05, 3.63) is 95.1 Å². The van der Waals surface area contributed by atoms with Crippen molar-refractivity contribution in [2.75, 3.05) is 26.7 Å². The number of phenols is 1. The van der Waals surface area contributed by atoms with E-state index < -0.39 is 17.4 Å². The predicted molar refractivity (Wildman–Crippen MR) is 165 cm³/mol. The van der Waals surface area contributed by atoms with Crippen LogP contribution in [0.2, 0.25) is 0 Å². The van der Waals surface area contributed by atoms with Gasteiger partial charge in [-0.2, -0.15) is 0 Å². The summed E-state index contributed by atoms with van der Waals surface area (Å²) in [5, 5.41) is 23.9. The number of aliphatic hydroxyl groups is 1. The first-order valence-corrected chi connectivity index (χ1v) is 15.7. The van der Waals surface area contributed by atoms with Crippen molar-refractivity contribution in [3.8, 4) is 17.2 Å². The SMILES string of the molecule is CC1C[C@@]2(O)[C@H]3Cc4ccc(O)c5c4[C@@]2(CCN3CCc2ccccc2)C(O5)C1N(C)C/C=C/c1cccc(OC(F)(F)F)c1. The number of hydrogen-bond acceptors (Lipinski definition) is 6. The van der Waals surface area contributed by atoms with E-state index in [4.69, 9.17) is 4.74 Å². The number of phenolic OH excluding ortho intramolecular Hbond substituents is 1. The minimum atomic E-state index is -4.75. The maximum absolute atomic E-state index is 12.9. The summed E-state index contributed by atoms with van der Waals surface area (Å²) in [6.07, 6.45) is 1.55. The third-order valence-electron chi connectivity index (χ3n) is 10.7. The smallest absolute Gasteiger partial charge is 0.504 e. The molecule has 4 aliphatic rings. The Labute approximate surface area is 261 Å². The fourth-order valence-electron chi connectivity index (χ4n) is 9.02. The lowest BCUT2D eigenvalue weighted by atomic mass is 9.46. The molecule has 3 unspecified atom stereocenters. The fraction of sp³-hybridized carbons (Fsp3) is 0.444. The molecule has 2 bridgehead atoms. The van der Waals surface area contributed by atoms with Crippen LogP contribution in [0.25, 0.3) is 6.08 Å². The van der Waals surface area contributed by atoms with Crippen molar-refractivity contribution in [3.63, 3.8) is 0 Å². The van der Waals surface area contributed by atoms with Gasteiger partial charge in [0, 0.05) is 24.7 Å². The van der Waals surface area contributed by atoms with Gasteiger partial charge in [-0.1, -0.05) is 67.6 Å². The molecule has 6 nitrogen and oxygen atoms in total.